The van der Waals surface area contributed by atoms with Crippen LogP contribution in [0.4, 0.5) is 11.4 Å². The predicted molar refractivity (Wildman–Crippen MR) is 96.8 cm³/mol. The molecule has 3 aromatic rings. The Morgan fingerprint density at radius 2 is 1.88 bits per heavy atom. The summed E-state index contributed by atoms with van der Waals surface area (Å²) in [5.41, 5.74) is 2.97. The zero-order chi connectivity index (χ0) is 17.2. The Labute approximate surface area is 145 Å². The maximum Gasteiger partial charge on any atom is 0.262 e. The number of fused-ring (bicyclic) bond motifs is 1. The van der Waals surface area contributed by atoms with Crippen LogP contribution in [0.5, 0.6) is 5.75 Å². The van der Waals surface area contributed by atoms with Gasteiger partial charge >= 0.3 is 0 Å². The van der Waals surface area contributed by atoms with Crippen molar-refractivity contribution in [1.82, 2.24) is 4.98 Å². The van der Waals surface area contributed by atoms with Crippen molar-refractivity contribution in [1.29, 1.82) is 0 Å². The highest BCUT2D eigenvalue weighted by molar-refractivity contribution is 6.12. The van der Waals surface area contributed by atoms with Gasteiger partial charge in [0.25, 0.3) is 5.91 Å². The summed E-state index contributed by atoms with van der Waals surface area (Å²) in [5, 5.41) is 3.43. The van der Waals surface area contributed by atoms with E-state index in [4.69, 9.17) is 4.74 Å². The lowest BCUT2D eigenvalue weighted by Gasteiger charge is -2.37. The normalized spacial score (nSPS) is 16.1. The van der Waals surface area contributed by atoms with E-state index in [1.165, 1.54) is 0 Å². The van der Waals surface area contributed by atoms with Crippen molar-refractivity contribution in [3.8, 4) is 5.75 Å². The van der Waals surface area contributed by atoms with E-state index in [0.29, 0.717) is 11.3 Å². The molecule has 0 spiro atoms. The number of para-hydroxylation sites is 1. The highest BCUT2D eigenvalue weighted by atomic mass is 16.5. The van der Waals surface area contributed by atoms with Gasteiger partial charge in [-0.1, -0.05) is 24.3 Å². The van der Waals surface area contributed by atoms with Crippen LogP contribution in [-0.4, -0.2) is 18.0 Å². The van der Waals surface area contributed by atoms with Crippen molar-refractivity contribution in [2.75, 3.05) is 17.3 Å². The zero-order valence-corrected chi connectivity index (χ0v) is 13.7. The van der Waals surface area contributed by atoms with Crippen molar-refractivity contribution < 1.29 is 9.53 Å². The summed E-state index contributed by atoms with van der Waals surface area (Å²) in [6.45, 7) is 0. The topological polar surface area (TPSA) is 54.5 Å². The minimum absolute atomic E-state index is 0.0711. The van der Waals surface area contributed by atoms with E-state index in [9.17, 15) is 4.79 Å². The molecular formula is C20H17N3O2. The largest absolute Gasteiger partial charge is 0.497 e. The van der Waals surface area contributed by atoms with E-state index < -0.39 is 6.17 Å². The average Bonchev–Trinajstić information content (AvgIpc) is 2.68. The molecule has 0 fully saturated rings. The first-order valence-corrected chi connectivity index (χ1v) is 8.02. The molecule has 0 bridgehead atoms. The van der Waals surface area contributed by atoms with Gasteiger partial charge in [0, 0.05) is 18.0 Å². The number of hydrogen-bond donors (Lipinski definition) is 1. The Kier molecular flexibility index (Phi) is 3.82. The molecule has 1 aliphatic heterocycles. The smallest absolute Gasteiger partial charge is 0.262 e. The summed E-state index contributed by atoms with van der Waals surface area (Å²) in [5.74, 6) is 0.627. The lowest BCUT2D eigenvalue weighted by atomic mass is 10.0. The molecule has 5 heteroatoms. The highest BCUT2D eigenvalue weighted by Gasteiger charge is 2.34. The molecular weight excluding hydrogens is 314 g/mol. The second kappa shape index (κ2) is 6.28. The van der Waals surface area contributed by atoms with Gasteiger partial charge < -0.3 is 10.1 Å². The number of carbonyl (C=O) groups is 1. The molecule has 124 valence electrons. The molecule has 1 aromatic heterocycles. The standard InChI is InChI=1S/C20H17N3O2/c1-25-15-8-6-7-14(13-15)23-19(18-11-4-5-12-21-18)22-17-10-3-2-9-16(17)20(23)24/h2-13,19,22H,1H3/t19-/m0/s1. The van der Waals surface area contributed by atoms with Gasteiger partial charge in [-0.05, 0) is 36.4 Å². The quantitative estimate of drug-likeness (QED) is 0.792. The third kappa shape index (κ3) is 2.70. The number of hydrogen-bond acceptors (Lipinski definition) is 4. The molecule has 0 saturated heterocycles. The first kappa shape index (κ1) is 15.2. The molecule has 0 aliphatic carbocycles. The Bertz CT molecular complexity index is 912. The number of carbonyl (C=O) groups excluding carboxylic acids is 1. The fourth-order valence-corrected chi connectivity index (χ4v) is 3.02. The van der Waals surface area contributed by atoms with E-state index in [-0.39, 0.29) is 5.91 Å². The summed E-state index contributed by atoms with van der Waals surface area (Å²) in [4.78, 5) is 19.4. The van der Waals surface area contributed by atoms with E-state index in [0.717, 1.165) is 17.1 Å². The van der Waals surface area contributed by atoms with Crippen LogP contribution in [0.1, 0.15) is 22.2 Å². The maximum atomic E-state index is 13.2. The fraction of sp³-hybridized carbons (Fsp3) is 0.100. The Balaban J connectivity index is 1.86. The Hall–Kier alpha value is -3.34. The fourth-order valence-electron chi connectivity index (χ4n) is 3.02. The molecule has 4 rings (SSSR count). The molecule has 1 N–H and O–H groups in total. The van der Waals surface area contributed by atoms with E-state index >= 15 is 0 Å². The van der Waals surface area contributed by atoms with E-state index in [1.807, 2.05) is 66.7 Å². The number of nitrogens with one attached hydrogen (secondary N) is 1. The van der Waals surface area contributed by atoms with Crippen molar-refractivity contribution in [2.24, 2.45) is 0 Å². The summed E-state index contributed by atoms with van der Waals surface area (Å²) in [6.07, 6.45) is 1.34. The number of ether oxygens (including phenoxy) is 1. The number of benzene rings is 2. The molecule has 2 heterocycles. The molecule has 1 aliphatic rings. The van der Waals surface area contributed by atoms with Crippen LogP contribution < -0.4 is 15.0 Å². The van der Waals surface area contributed by atoms with Gasteiger partial charge in [-0.2, -0.15) is 0 Å². The Morgan fingerprint density at radius 3 is 2.68 bits per heavy atom. The average molecular weight is 331 g/mol. The summed E-state index contributed by atoms with van der Waals surface area (Å²) >= 11 is 0. The van der Waals surface area contributed by atoms with Crippen LogP contribution in [0.25, 0.3) is 0 Å². The SMILES string of the molecule is COc1cccc(N2C(=O)c3ccccc3N[C@@H]2c2ccccn2)c1. The van der Waals surface area contributed by atoms with Crippen LogP contribution in [0, 0.1) is 0 Å². The molecule has 25 heavy (non-hydrogen) atoms. The molecule has 0 radical (unpaired) electrons. The third-order valence-electron chi connectivity index (χ3n) is 4.23. The summed E-state index contributed by atoms with van der Waals surface area (Å²) < 4.78 is 5.32. The number of anilines is 2. The molecule has 5 nitrogen and oxygen atoms in total. The molecule has 0 unspecified atom stereocenters. The highest BCUT2D eigenvalue weighted by Crippen LogP contribution is 2.36. The van der Waals surface area contributed by atoms with Crippen molar-refractivity contribution in [2.45, 2.75) is 6.17 Å². The van der Waals surface area contributed by atoms with Gasteiger partial charge in [0.2, 0.25) is 0 Å². The number of aromatic nitrogens is 1. The van der Waals surface area contributed by atoms with Crippen LogP contribution >= 0.6 is 0 Å². The maximum absolute atomic E-state index is 13.2. The monoisotopic (exact) mass is 331 g/mol. The van der Waals surface area contributed by atoms with Crippen LogP contribution in [-0.2, 0) is 0 Å². The van der Waals surface area contributed by atoms with E-state index in [1.54, 1.807) is 18.2 Å². The second-order valence-electron chi connectivity index (χ2n) is 5.72. The van der Waals surface area contributed by atoms with Gasteiger partial charge in [-0.25, -0.2) is 0 Å². The summed E-state index contributed by atoms with van der Waals surface area (Å²) in [7, 11) is 1.61. The second-order valence-corrected chi connectivity index (χ2v) is 5.72. The molecule has 1 atom stereocenters. The van der Waals surface area contributed by atoms with Crippen LogP contribution in [0.3, 0.4) is 0 Å². The zero-order valence-electron chi connectivity index (χ0n) is 13.7. The van der Waals surface area contributed by atoms with E-state index in [2.05, 4.69) is 10.3 Å². The number of rotatable bonds is 3. The van der Waals surface area contributed by atoms with Crippen LogP contribution in [0.15, 0.2) is 72.9 Å². The minimum atomic E-state index is -0.393. The third-order valence-corrected chi connectivity index (χ3v) is 4.23. The lowest BCUT2D eigenvalue weighted by molar-refractivity contribution is 0.0974. The van der Waals surface area contributed by atoms with Gasteiger partial charge in [0.1, 0.15) is 5.75 Å². The lowest BCUT2D eigenvalue weighted by Crippen LogP contribution is -2.43. The minimum Gasteiger partial charge on any atom is -0.497 e. The van der Waals surface area contributed by atoms with Crippen molar-refractivity contribution in [3.05, 3.63) is 84.2 Å². The summed E-state index contributed by atoms with van der Waals surface area (Å²) in [6, 6.07) is 20.7. The van der Waals surface area contributed by atoms with Gasteiger partial charge in [-0.15, -0.1) is 0 Å². The van der Waals surface area contributed by atoms with Gasteiger partial charge in [-0.3, -0.25) is 14.7 Å². The predicted octanol–water partition coefficient (Wildman–Crippen LogP) is 3.86. The number of nitrogens with zero attached hydrogens (tertiary/aromatic N) is 2. The Morgan fingerprint density at radius 1 is 1.04 bits per heavy atom. The molecule has 2 aromatic carbocycles. The van der Waals surface area contributed by atoms with Gasteiger partial charge in [0.05, 0.1) is 24.1 Å². The van der Waals surface area contributed by atoms with Crippen LogP contribution in [0.2, 0.25) is 0 Å². The number of amides is 1. The molecule has 0 saturated carbocycles. The van der Waals surface area contributed by atoms with Crippen molar-refractivity contribution >= 4 is 17.3 Å². The first-order valence-electron chi connectivity index (χ1n) is 8.02. The number of methoxy groups -OCH3 is 1. The van der Waals surface area contributed by atoms with Gasteiger partial charge in [0.15, 0.2) is 6.17 Å². The first-order chi connectivity index (χ1) is 12.3. The van der Waals surface area contributed by atoms with Crippen molar-refractivity contribution in [3.63, 3.8) is 0 Å². The number of pyridine rings is 1. The molecule has 1 amide bonds.